The van der Waals surface area contributed by atoms with Gasteiger partial charge in [0.05, 0.1) is 4.92 Å². The summed E-state index contributed by atoms with van der Waals surface area (Å²) in [5.41, 5.74) is 0.227. The van der Waals surface area contributed by atoms with E-state index in [9.17, 15) is 18.5 Å². The predicted octanol–water partition coefficient (Wildman–Crippen LogP) is 2.60. The number of nitro groups is 1. The van der Waals surface area contributed by atoms with E-state index >= 15 is 0 Å². The van der Waals surface area contributed by atoms with Crippen molar-refractivity contribution < 1.29 is 13.3 Å². The largest absolute Gasteiger partial charge is 0.382 e. The zero-order chi connectivity index (χ0) is 14.9. The fraction of sp³-hybridized carbons (Fsp3) is 0.538. The number of nitrogens with zero attached hydrogens (tertiary/aromatic N) is 1. The first-order valence-electron chi connectivity index (χ1n) is 6.54. The minimum Gasteiger partial charge on any atom is -0.382 e. The molecule has 0 saturated heterocycles. The average molecular weight is 298 g/mol. The highest BCUT2D eigenvalue weighted by molar-refractivity contribution is 7.90. The molecule has 110 valence electrons. The van der Waals surface area contributed by atoms with Crippen LogP contribution in [0.15, 0.2) is 23.1 Å². The van der Waals surface area contributed by atoms with E-state index < -0.39 is 14.8 Å². The SMILES string of the molecule is CC(Nc1ccc([N+](=O)[O-])c(S(C)(=O)=O)c1)C1CCC1. The van der Waals surface area contributed by atoms with E-state index in [0.717, 1.165) is 6.26 Å². The smallest absolute Gasteiger partial charge is 0.288 e. The maximum atomic E-state index is 11.7. The van der Waals surface area contributed by atoms with Gasteiger partial charge in [-0.3, -0.25) is 10.1 Å². The molecule has 1 aromatic carbocycles. The number of hydrogen-bond acceptors (Lipinski definition) is 5. The highest BCUT2D eigenvalue weighted by Gasteiger charge is 2.26. The average Bonchev–Trinajstić information content (AvgIpc) is 2.24. The fourth-order valence-corrected chi connectivity index (χ4v) is 3.24. The summed E-state index contributed by atoms with van der Waals surface area (Å²) in [6.45, 7) is 2.05. The Morgan fingerprint density at radius 3 is 2.50 bits per heavy atom. The predicted molar refractivity (Wildman–Crippen MR) is 76.6 cm³/mol. The van der Waals surface area contributed by atoms with Gasteiger partial charge in [0, 0.05) is 24.1 Å². The summed E-state index contributed by atoms with van der Waals surface area (Å²) in [6, 6.07) is 4.38. The molecule has 1 N–H and O–H groups in total. The molecule has 20 heavy (non-hydrogen) atoms. The van der Waals surface area contributed by atoms with Crippen LogP contribution < -0.4 is 5.32 Å². The van der Waals surface area contributed by atoms with Gasteiger partial charge in [0.25, 0.3) is 5.69 Å². The summed E-state index contributed by atoms with van der Waals surface area (Å²) >= 11 is 0. The second kappa shape index (κ2) is 5.40. The lowest BCUT2D eigenvalue weighted by atomic mass is 9.80. The van der Waals surface area contributed by atoms with Crippen molar-refractivity contribution in [2.24, 2.45) is 5.92 Å². The van der Waals surface area contributed by atoms with Gasteiger partial charge < -0.3 is 5.32 Å². The zero-order valence-electron chi connectivity index (χ0n) is 11.5. The quantitative estimate of drug-likeness (QED) is 0.666. The molecule has 6 nitrogen and oxygen atoms in total. The van der Waals surface area contributed by atoms with Crippen molar-refractivity contribution in [3.8, 4) is 0 Å². The van der Waals surface area contributed by atoms with Gasteiger partial charge in [-0.25, -0.2) is 8.42 Å². The first-order chi connectivity index (χ1) is 9.29. The third kappa shape index (κ3) is 3.09. The number of benzene rings is 1. The monoisotopic (exact) mass is 298 g/mol. The molecule has 2 rings (SSSR count). The third-order valence-corrected chi connectivity index (χ3v) is 4.93. The highest BCUT2D eigenvalue weighted by Crippen LogP contribution is 2.32. The Balaban J connectivity index is 2.29. The molecule has 0 aliphatic heterocycles. The molecule has 0 bridgehead atoms. The third-order valence-electron chi connectivity index (χ3n) is 3.81. The second-order valence-electron chi connectivity index (χ2n) is 5.34. The molecule has 0 aromatic heterocycles. The summed E-state index contributed by atoms with van der Waals surface area (Å²) in [6.07, 6.45) is 4.54. The maximum absolute atomic E-state index is 11.7. The fourth-order valence-electron chi connectivity index (χ4n) is 2.37. The molecule has 0 spiro atoms. The van der Waals surface area contributed by atoms with Gasteiger partial charge in [0.2, 0.25) is 0 Å². The Morgan fingerprint density at radius 1 is 1.40 bits per heavy atom. The summed E-state index contributed by atoms with van der Waals surface area (Å²) in [7, 11) is -3.63. The molecule has 1 fully saturated rings. The Bertz CT molecular complexity index is 623. The van der Waals surface area contributed by atoms with Crippen LogP contribution in [0.25, 0.3) is 0 Å². The van der Waals surface area contributed by atoms with Gasteiger partial charge in [0.1, 0.15) is 4.90 Å². The lowest BCUT2D eigenvalue weighted by molar-refractivity contribution is -0.387. The zero-order valence-corrected chi connectivity index (χ0v) is 12.3. The molecular weight excluding hydrogens is 280 g/mol. The molecule has 1 aliphatic rings. The number of nitrogens with one attached hydrogen (secondary N) is 1. The summed E-state index contributed by atoms with van der Waals surface area (Å²) in [5.74, 6) is 0.590. The van der Waals surface area contributed by atoms with Crippen LogP contribution in [0.4, 0.5) is 11.4 Å². The molecule has 0 radical (unpaired) electrons. The maximum Gasteiger partial charge on any atom is 0.288 e. The Kier molecular flexibility index (Phi) is 3.99. The van der Waals surface area contributed by atoms with Gasteiger partial charge in [-0.2, -0.15) is 0 Å². The van der Waals surface area contributed by atoms with E-state index in [1.807, 2.05) is 6.92 Å². The van der Waals surface area contributed by atoms with E-state index in [1.54, 1.807) is 6.07 Å². The molecule has 1 unspecified atom stereocenters. The summed E-state index contributed by atoms with van der Waals surface area (Å²) in [5, 5.41) is 14.1. The van der Waals surface area contributed by atoms with Crippen LogP contribution in [0.1, 0.15) is 26.2 Å². The number of sulfone groups is 1. The van der Waals surface area contributed by atoms with Gasteiger partial charge in [-0.15, -0.1) is 0 Å². The Hall–Kier alpha value is -1.63. The van der Waals surface area contributed by atoms with Gasteiger partial charge in [-0.05, 0) is 37.8 Å². The lowest BCUT2D eigenvalue weighted by Gasteiger charge is -2.32. The number of hydrogen-bond donors (Lipinski definition) is 1. The van der Waals surface area contributed by atoms with Crippen LogP contribution in [0.5, 0.6) is 0 Å². The molecule has 1 aromatic rings. The summed E-state index contributed by atoms with van der Waals surface area (Å²) < 4.78 is 23.3. The van der Waals surface area contributed by atoms with Crippen molar-refractivity contribution in [1.82, 2.24) is 0 Å². The minimum absolute atomic E-state index is 0.234. The summed E-state index contributed by atoms with van der Waals surface area (Å²) in [4.78, 5) is 9.97. The van der Waals surface area contributed by atoms with Crippen LogP contribution in [0.2, 0.25) is 0 Å². The lowest BCUT2D eigenvalue weighted by Crippen LogP contribution is -2.30. The normalized spacial score (nSPS) is 17.3. The van der Waals surface area contributed by atoms with E-state index in [1.165, 1.54) is 31.4 Å². The van der Waals surface area contributed by atoms with Crippen LogP contribution >= 0.6 is 0 Å². The molecule has 0 heterocycles. The molecular formula is C13H18N2O4S. The van der Waals surface area contributed by atoms with Crippen LogP contribution in [0.3, 0.4) is 0 Å². The Labute approximate surface area is 118 Å². The van der Waals surface area contributed by atoms with E-state index in [2.05, 4.69) is 5.32 Å². The van der Waals surface area contributed by atoms with Gasteiger partial charge in [0.15, 0.2) is 9.84 Å². The van der Waals surface area contributed by atoms with E-state index in [-0.39, 0.29) is 16.6 Å². The highest BCUT2D eigenvalue weighted by atomic mass is 32.2. The number of rotatable bonds is 5. The first kappa shape index (κ1) is 14.8. The standard InChI is InChI=1S/C13H18N2O4S/c1-9(10-4-3-5-10)14-11-6-7-12(15(16)17)13(8-11)20(2,18)19/h6-10,14H,3-5H2,1-2H3. The van der Waals surface area contributed by atoms with Crippen LogP contribution in [0, 0.1) is 16.0 Å². The molecule has 1 saturated carbocycles. The molecule has 0 amide bonds. The molecule has 7 heteroatoms. The minimum atomic E-state index is -3.63. The van der Waals surface area contributed by atoms with Crippen molar-refractivity contribution in [2.45, 2.75) is 37.1 Å². The molecule has 1 atom stereocenters. The van der Waals surface area contributed by atoms with Crippen molar-refractivity contribution in [2.75, 3.05) is 11.6 Å². The number of nitro benzene ring substituents is 1. The van der Waals surface area contributed by atoms with Crippen molar-refractivity contribution in [1.29, 1.82) is 0 Å². The van der Waals surface area contributed by atoms with Crippen molar-refractivity contribution in [3.63, 3.8) is 0 Å². The van der Waals surface area contributed by atoms with Crippen LogP contribution in [-0.4, -0.2) is 25.6 Å². The van der Waals surface area contributed by atoms with E-state index in [4.69, 9.17) is 0 Å². The van der Waals surface area contributed by atoms with Gasteiger partial charge >= 0.3 is 0 Å². The second-order valence-corrected chi connectivity index (χ2v) is 7.32. The van der Waals surface area contributed by atoms with Crippen molar-refractivity contribution in [3.05, 3.63) is 28.3 Å². The van der Waals surface area contributed by atoms with E-state index in [0.29, 0.717) is 11.6 Å². The van der Waals surface area contributed by atoms with Crippen molar-refractivity contribution >= 4 is 21.2 Å². The van der Waals surface area contributed by atoms with Gasteiger partial charge in [-0.1, -0.05) is 6.42 Å². The number of anilines is 1. The topological polar surface area (TPSA) is 89.3 Å². The Morgan fingerprint density at radius 2 is 2.05 bits per heavy atom. The first-order valence-corrected chi connectivity index (χ1v) is 8.43. The molecule has 1 aliphatic carbocycles. The van der Waals surface area contributed by atoms with Crippen LogP contribution in [-0.2, 0) is 9.84 Å².